The van der Waals surface area contributed by atoms with Crippen LogP contribution < -0.4 is 15.5 Å². The number of fused-ring (bicyclic) bond motifs is 1. The molecule has 0 bridgehead atoms. The molecule has 0 saturated carbocycles. The van der Waals surface area contributed by atoms with E-state index < -0.39 is 29.5 Å². The normalized spacial score (nSPS) is 16.4. The Morgan fingerprint density at radius 2 is 1.86 bits per heavy atom. The lowest BCUT2D eigenvalue weighted by Gasteiger charge is -2.35. The van der Waals surface area contributed by atoms with Crippen LogP contribution in [-0.4, -0.2) is 22.5 Å². The highest BCUT2D eigenvalue weighted by Crippen LogP contribution is 2.48. The van der Waals surface area contributed by atoms with Gasteiger partial charge in [-0.25, -0.2) is 27.9 Å². The van der Waals surface area contributed by atoms with Gasteiger partial charge in [0.25, 0.3) is 0 Å². The van der Waals surface area contributed by atoms with Gasteiger partial charge in [-0.3, -0.25) is 4.90 Å². The molecule has 2 aliphatic heterocycles. The lowest BCUT2D eigenvalue weighted by molar-refractivity contribution is 0.243. The van der Waals surface area contributed by atoms with Gasteiger partial charge in [0.15, 0.2) is 0 Å². The van der Waals surface area contributed by atoms with E-state index in [-0.39, 0.29) is 33.5 Å². The van der Waals surface area contributed by atoms with Gasteiger partial charge in [-0.05, 0) is 42.8 Å². The summed E-state index contributed by atoms with van der Waals surface area (Å²) in [6.07, 6.45) is 1.57. The van der Waals surface area contributed by atoms with E-state index in [1.54, 1.807) is 0 Å². The SMILES string of the molecule is O=C1NC(c2cc(F)ccc2Cl)c2c(Nc3ncnc4c(Cl)cc(F)cc34)cc(F)c3c2N1CC3. The Kier molecular flexibility index (Phi) is 5.01. The minimum absolute atomic E-state index is 0.0924. The van der Waals surface area contributed by atoms with Gasteiger partial charge in [-0.1, -0.05) is 23.2 Å². The number of carbonyl (C=O) groups excluding carboxylic acids is 1. The third-order valence-corrected chi connectivity index (χ3v) is 6.86. The van der Waals surface area contributed by atoms with Crippen LogP contribution in [0.1, 0.15) is 22.7 Å². The quantitative estimate of drug-likeness (QED) is 0.337. The number of rotatable bonds is 3. The number of hydrogen-bond donors (Lipinski definition) is 2. The molecule has 0 radical (unpaired) electrons. The average molecular weight is 516 g/mol. The Labute approximate surface area is 206 Å². The standard InChI is InChI=1S/C24H14Cl2F3N5O/c25-15-2-1-10(27)5-13(15)21-19-18(8-17(29)12-3-4-34(22(12)19)24(35)33-21)32-23-14-6-11(28)7-16(26)20(14)30-9-31-23/h1-2,5-9,21H,3-4H2,(H,33,35)(H,30,31,32). The smallest absolute Gasteiger partial charge is 0.322 e. The van der Waals surface area contributed by atoms with Crippen molar-refractivity contribution in [3.05, 3.63) is 86.9 Å². The van der Waals surface area contributed by atoms with Crippen LogP contribution in [-0.2, 0) is 6.42 Å². The highest BCUT2D eigenvalue weighted by molar-refractivity contribution is 6.35. The summed E-state index contributed by atoms with van der Waals surface area (Å²) in [6.45, 7) is 0.287. The molecule has 2 amide bonds. The van der Waals surface area contributed by atoms with Crippen LogP contribution >= 0.6 is 23.2 Å². The Morgan fingerprint density at radius 1 is 1.03 bits per heavy atom. The van der Waals surface area contributed by atoms with Crippen molar-refractivity contribution in [3.8, 4) is 0 Å². The molecular formula is C24H14Cl2F3N5O. The summed E-state index contributed by atoms with van der Waals surface area (Å²) in [5.41, 5.74) is 2.12. The van der Waals surface area contributed by atoms with E-state index in [1.165, 1.54) is 41.6 Å². The number of halogens is 5. The van der Waals surface area contributed by atoms with E-state index in [1.807, 2.05) is 0 Å². The van der Waals surface area contributed by atoms with Gasteiger partial charge in [-0.2, -0.15) is 0 Å². The Morgan fingerprint density at radius 3 is 2.69 bits per heavy atom. The molecule has 2 N–H and O–H groups in total. The highest BCUT2D eigenvalue weighted by Gasteiger charge is 2.40. The summed E-state index contributed by atoms with van der Waals surface area (Å²) < 4.78 is 43.5. The van der Waals surface area contributed by atoms with Crippen molar-refractivity contribution < 1.29 is 18.0 Å². The minimum atomic E-state index is -0.884. The van der Waals surface area contributed by atoms with Crippen LogP contribution in [0.3, 0.4) is 0 Å². The molecule has 0 saturated heterocycles. The first kappa shape index (κ1) is 21.9. The van der Waals surface area contributed by atoms with Crippen molar-refractivity contribution in [2.24, 2.45) is 0 Å². The highest BCUT2D eigenvalue weighted by atomic mass is 35.5. The largest absolute Gasteiger partial charge is 0.339 e. The molecule has 0 aliphatic carbocycles. The molecule has 11 heteroatoms. The number of benzene rings is 3. The maximum absolute atomic E-state index is 15.2. The van der Waals surface area contributed by atoms with Crippen molar-refractivity contribution in [3.63, 3.8) is 0 Å². The number of nitrogens with zero attached hydrogens (tertiary/aromatic N) is 3. The predicted molar refractivity (Wildman–Crippen MR) is 127 cm³/mol. The van der Waals surface area contributed by atoms with Crippen LogP contribution in [0.25, 0.3) is 10.9 Å². The fourth-order valence-corrected chi connectivity index (χ4v) is 5.22. The van der Waals surface area contributed by atoms with E-state index >= 15 is 4.39 Å². The second-order valence-electron chi connectivity index (χ2n) is 8.23. The van der Waals surface area contributed by atoms with E-state index in [9.17, 15) is 13.6 Å². The van der Waals surface area contributed by atoms with Crippen LogP contribution in [0.5, 0.6) is 0 Å². The average Bonchev–Trinajstić information content (AvgIpc) is 3.27. The molecule has 3 aromatic carbocycles. The number of aromatic nitrogens is 2. The molecular weight excluding hydrogens is 502 g/mol. The number of urea groups is 1. The molecule has 1 unspecified atom stereocenters. The van der Waals surface area contributed by atoms with E-state index in [4.69, 9.17) is 23.2 Å². The van der Waals surface area contributed by atoms with Crippen molar-refractivity contribution >= 4 is 57.3 Å². The molecule has 3 heterocycles. The first-order valence-corrected chi connectivity index (χ1v) is 11.3. The lowest BCUT2D eigenvalue weighted by atomic mass is 9.91. The monoisotopic (exact) mass is 515 g/mol. The molecule has 0 spiro atoms. The molecule has 6 nitrogen and oxygen atoms in total. The fraction of sp³-hybridized carbons (Fsp3) is 0.125. The lowest BCUT2D eigenvalue weighted by Crippen LogP contribution is -2.46. The van der Waals surface area contributed by atoms with Crippen molar-refractivity contribution in [1.29, 1.82) is 0 Å². The van der Waals surface area contributed by atoms with Gasteiger partial charge >= 0.3 is 6.03 Å². The van der Waals surface area contributed by atoms with Gasteiger partial charge in [0.05, 0.1) is 28.0 Å². The second kappa shape index (κ2) is 8.00. The molecule has 176 valence electrons. The molecule has 0 fully saturated rings. The zero-order valence-corrected chi connectivity index (χ0v) is 19.2. The number of hydrogen-bond acceptors (Lipinski definition) is 4. The topological polar surface area (TPSA) is 70.1 Å². The molecule has 2 aliphatic rings. The van der Waals surface area contributed by atoms with Crippen LogP contribution in [0.2, 0.25) is 10.0 Å². The molecule has 6 rings (SSSR count). The second-order valence-corrected chi connectivity index (χ2v) is 9.04. The minimum Gasteiger partial charge on any atom is -0.339 e. The number of amides is 2. The summed E-state index contributed by atoms with van der Waals surface area (Å²) in [5, 5.41) is 6.52. The van der Waals surface area contributed by atoms with Crippen molar-refractivity contribution in [2.75, 3.05) is 16.8 Å². The Balaban J connectivity index is 1.59. The zero-order chi connectivity index (χ0) is 24.4. The van der Waals surface area contributed by atoms with Gasteiger partial charge < -0.3 is 10.6 Å². The van der Waals surface area contributed by atoms with E-state index in [2.05, 4.69) is 20.6 Å². The third-order valence-electron chi connectivity index (χ3n) is 6.23. The molecule has 4 aromatic rings. The van der Waals surface area contributed by atoms with Gasteiger partial charge in [0, 0.05) is 33.6 Å². The first-order valence-electron chi connectivity index (χ1n) is 10.6. The van der Waals surface area contributed by atoms with Gasteiger partial charge in [0.2, 0.25) is 0 Å². The summed E-state index contributed by atoms with van der Waals surface area (Å²) in [7, 11) is 0. The fourth-order valence-electron chi connectivity index (χ4n) is 4.74. The van der Waals surface area contributed by atoms with Gasteiger partial charge in [0.1, 0.15) is 29.6 Å². The molecule has 1 aromatic heterocycles. The number of carbonyl (C=O) groups is 1. The van der Waals surface area contributed by atoms with Crippen LogP contribution in [0, 0.1) is 17.5 Å². The predicted octanol–water partition coefficient (Wildman–Crippen LogP) is 6.27. The Hall–Kier alpha value is -3.56. The van der Waals surface area contributed by atoms with Crippen LogP contribution in [0.4, 0.5) is 35.2 Å². The van der Waals surface area contributed by atoms with Gasteiger partial charge in [-0.15, -0.1) is 0 Å². The molecule has 1 atom stereocenters. The summed E-state index contributed by atoms with van der Waals surface area (Å²) in [6, 6.07) is 6.14. The van der Waals surface area contributed by atoms with E-state index in [0.717, 1.165) is 6.07 Å². The third kappa shape index (κ3) is 3.45. The van der Waals surface area contributed by atoms with Crippen LogP contribution in [0.15, 0.2) is 42.7 Å². The maximum atomic E-state index is 15.2. The summed E-state index contributed by atoms with van der Waals surface area (Å²) in [4.78, 5) is 22.7. The number of anilines is 3. The maximum Gasteiger partial charge on any atom is 0.322 e. The first-order chi connectivity index (χ1) is 16.8. The summed E-state index contributed by atoms with van der Waals surface area (Å²) in [5.74, 6) is -1.47. The Bertz CT molecular complexity index is 1560. The molecule has 35 heavy (non-hydrogen) atoms. The number of nitrogens with one attached hydrogen (secondary N) is 2. The van der Waals surface area contributed by atoms with Crippen molar-refractivity contribution in [1.82, 2.24) is 15.3 Å². The van der Waals surface area contributed by atoms with E-state index in [0.29, 0.717) is 34.3 Å². The zero-order valence-electron chi connectivity index (χ0n) is 17.7. The van der Waals surface area contributed by atoms with Crippen molar-refractivity contribution in [2.45, 2.75) is 12.5 Å². The summed E-state index contributed by atoms with van der Waals surface area (Å²) >= 11 is 12.5.